The molecule has 0 aliphatic heterocycles. The molecule has 0 aliphatic carbocycles. The number of hydrogen-bond acceptors (Lipinski definition) is 5. The molecule has 0 saturated heterocycles. The lowest BCUT2D eigenvalue weighted by Gasteiger charge is -2.10. The fourth-order valence-electron chi connectivity index (χ4n) is 2.29. The highest BCUT2D eigenvalue weighted by Gasteiger charge is 2.10. The normalized spacial score (nSPS) is 11.6. The van der Waals surface area contributed by atoms with Crippen LogP contribution >= 0.6 is 0 Å². The second-order valence-electron chi connectivity index (χ2n) is 5.10. The van der Waals surface area contributed by atoms with Crippen LogP contribution in [0.3, 0.4) is 0 Å². The molecule has 3 rings (SSSR count). The molecule has 0 atom stereocenters. The van der Waals surface area contributed by atoms with Crippen LogP contribution in [-0.4, -0.2) is 27.7 Å². The number of hydrogen-bond donors (Lipinski definition) is 3. The van der Waals surface area contributed by atoms with Gasteiger partial charge in [0.1, 0.15) is 5.82 Å². The van der Waals surface area contributed by atoms with Crippen molar-refractivity contribution >= 4 is 32.7 Å². The number of aryl methyl sites for hydroxylation is 1. The van der Waals surface area contributed by atoms with Crippen LogP contribution in [0.1, 0.15) is 5.56 Å². The molecule has 2 heterocycles. The van der Waals surface area contributed by atoms with Crippen LogP contribution in [0, 0.1) is 5.82 Å². The molecule has 0 aliphatic rings. The van der Waals surface area contributed by atoms with Crippen molar-refractivity contribution in [1.29, 1.82) is 0 Å². The van der Waals surface area contributed by atoms with E-state index in [1.807, 2.05) is 0 Å². The molecule has 0 bridgehead atoms. The fourth-order valence-corrected chi connectivity index (χ4v) is 2.72. The number of halogens is 1. The summed E-state index contributed by atoms with van der Waals surface area (Å²) in [7, 11) is -2.66. The summed E-state index contributed by atoms with van der Waals surface area (Å²) in [6.07, 6.45) is 3.29. The summed E-state index contributed by atoms with van der Waals surface area (Å²) in [5.41, 5.74) is 1.74. The fraction of sp³-hybridized carbons (Fsp3) is 0.143. The predicted octanol–water partition coefficient (Wildman–Crippen LogP) is 1.93. The van der Waals surface area contributed by atoms with E-state index in [2.05, 4.69) is 15.4 Å². The first kappa shape index (κ1) is 16.1. The Morgan fingerprint density at radius 3 is 2.83 bits per heavy atom. The summed E-state index contributed by atoms with van der Waals surface area (Å²) in [5.74, 6) is -0.604. The molecule has 0 fully saturated rings. The molecule has 0 unspecified atom stereocenters. The average Bonchev–Trinajstić information content (AvgIpc) is 2.87. The molecule has 8 nitrogen and oxygen atoms in total. The Balaban J connectivity index is 1.79. The van der Waals surface area contributed by atoms with E-state index in [4.69, 9.17) is 4.55 Å². The van der Waals surface area contributed by atoms with Crippen LogP contribution in [0.25, 0.3) is 11.0 Å². The minimum atomic E-state index is -4.43. The highest BCUT2D eigenvalue weighted by Crippen LogP contribution is 2.22. The number of benzene rings is 1. The van der Waals surface area contributed by atoms with Gasteiger partial charge in [0.25, 0.3) is 0 Å². The number of aromatic nitrogens is 3. The molecule has 3 aromatic rings. The molecule has 2 aromatic heterocycles. The quantitative estimate of drug-likeness (QED) is 0.606. The van der Waals surface area contributed by atoms with Crippen LogP contribution in [0.15, 0.2) is 36.7 Å². The van der Waals surface area contributed by atoms with E-state index in [9.17, 15) is 12.8 Å². The van der Waals surface area contributed by atoms with E-state index in [1.54, 1.807) is 34.9 Å². The van der Waals surface area contributed by atoms with E-state index < -0.39 is 16.1 Å². The van der Waals surface area contributed by atoms with Crippen molar-refractivity contribution in [3.8, 4) is 0 Å². The Bertz CT molecular complexity index is 1000. The van der Waals surface area contributed by atoms with Crippen molar-refractivity contribution in [1.82, 2.24) is 14.8 Å². The highest BCUT2D eigenvalue weighted by atomic mass is 32.2. The van der Waals surface area contributed by atoms with Gasteiger partial charge < -0.3 is 5.32 Å². The monoisotopic (exact) mass is 351 g/mol. The maximum atomic E-state index is 14.1. The van der Waals surface area contributed by atoms with Crippen molar-refractivity contribution in [3.05, 3.63) is 48.0 Å². The number of fused-ring (bicyclic) bond motifs is 1. The van der Waals surface area contributed by atoms with E-state index in [-0.39, 0.29) is 12.2 Å². The number of nitrogens with one attached hydrogen (secondary N) is 2. The van der Waals surface area contributed by atoms with Crippen molar-refractivity contribution in [2.24, 2.45) is 7.05 Å². The molecule has 0 radical (unpaired) electrons. The Hall–Kier alpha value is -2.72. The molecule has 3 N–H and O–H groups in total. The van der Waals surface area contributed by atoms with Gasteiger partial charge in [-0.3, -0.25) is 14.0 Å². The van der Waals surface area contributed by atoms with Crippen molar-refractivity contribution in [2.75, 3.05) is 10.0 Å². The minimum Gasteiger partial charge on any atom is -0.380 e. The van der Waals surface area contributed by atoms with Gasteiger partial charge in [-0.05, 0) is 18.2 Å². The first-order valence-corrected chi connectivity index (χ1v) is 8.32. The van der Waals surface area contributed by atoms with Gasteiger partial charge >= 0.3 is 10.3 Å². The zero-order valence-electron chi connectivity index (χ0n) is 12.6. The smallest absolute Gasteiger partial charge is 0.357 e. The Morgan fingerprint density at radius 1 is 1.33 bits per heavy atom. The third-order valence-corrected chi connectivity index (χ3v) is 3.90. The zero-order valence-corrected chi connectivity index (χ0v) is 13.4. The molecule has 126 valence electrons. The minimum absolute atomic E-state index is 0.0580. The summed E-state index contributed by atoms with van der Waals surface area (Å²) < 4.78 is 47.7. The summed E-state index contributed by atoms with van der Waals surface area (Å²) >= 11 is 0. The third kappa shape index (κ3) is 3.44. The predicted molar refractivity (Wildman–Crippen MR) is 87.4 cm³/mol. The van der Waals surface area contributed by atoms with Crippen LogP contribution < -0.4 is 10.0 Å². The van der Waals surface area contributed by atoms with Gasteiger partial charge in [-0.15, -0.1) is 0 Å². The van der Waals surface area contributed by atoms with E-state index in [1.165, 1.54) is 12.1 Å². The Labute approximate surface area is 137 Å². The molecular formula is C14H14FN5O3S. The Kier molecular flexibility index (Phi) is 4.08. The molecule has 0 amide bonds. The molecule has 0 spiro atoms. The number of anilines is 2. The second-order valence-corrected chi connectivity index (χ2v) is 6.26. The summed E-state index contributed by atoms with van der Waals surface area (Å²) in [6, 6.07) is 5.55. The lowest BCUT2D eigenvalue weighted by molar-refractivity contribution is 0.489. The first-order chi connectivity index (χ1) is 11.3. The van der Waals surface area contributed by atoms with Crippen LogP contribution in [0.5, 0.6) is 0 Å². The van der Waals surface area contributed by atoms with Gasteiger partial charge in [0.2, 0.25) is 0 Å². The highest BCUT2D eigenvalue weighted by molar-refractivity contribution is 7.87. The van der Waals surface area contributed by atoms with E-state index in [0.29, 0.717) is 11.2 Å². The SMILES string of the molecule is Cn1ncc2c(NCc3ccc(NS(=O)(=O)O)cc3F)ccnc21. The second kappa shape index (κ2) is 6.06. The van der Waals surface area contributed by atoms with E-state index in [0.717, 1.165) is 17.1 Å². The molecule has 0 saturated carbocycles. The molecule has 1 aromatic carbocycles. The van der Waals surface area contributed by atoms with Gasteiger partial charge in [0.15, 0.2) is 5.65 Å². The zero-order chi connectivity index (χ0) is 17.3. The average molecular weight is 351 g/mol. The topological polar surface area (TPSA) is 109 Å². The van der Waals surface area contributed by atoms with Gasteiger partial charge in [0, 0.05) is 31.0 Å². The summed E-state index contributed by atoms with van der Waals surface area (Å²) in [4.78, 5) is 4.22. The van der Waals surface area contributed by atoms with Gasteiger partial charge in [0.05, 0.1) is 17.3 Å². The van der Waals surface area contributed by atoms with Crippen LogP contribution in [0.2, 0.25) is 0 Å². The largest absolute Gasteiger partial charge is 0.380 e. The first-order valence-electron chi connectivity index (χ1n) is 6.88. The number of rotatable bonds is 5. The maximum Gasteiger partial charge on any atom is 0.357 e. The van der Waals surface area contributed by atoms with E-state index >= 15 is 0 Å². The molecule has 24 heavy (non-hydrogen) atoms. The van der Waals surface area contributed by atoms with Gasteiger partial charge in [-0.25, -0.2) is 9.37 Å². The lowest BCUT2D eigenvalue weighted by Crippen LogP contribution is -2.11. The number of nitrogens with zero attached hydrogens (tertiary/aromatic N) is 3. The van der Waals surface area contributed by atoms with Crippen LogP contribution in [-0.2, 0) is 23.9 Å². The van der Waals surface area contributed by atoms with Gasteiger partial charge in [-0.2, -0.15) is 13.5 Å². The van der Waals surface area contributed by atoms with Gasteiger partial charge in [-0.1, -0.05) is 6.07 Å². The number of pyridine rings is 1. The summed E-state index contributed by atoms with van der Waals surface area (Å²) in [5, 5.41) is 8.04. The third-order valence-electron chi connectivity index (χ3n) is 3.40. The van der Waals surface area contributed by atoms with Crippen molar-refractivity contribution < 1.29 is 17.4 Å². The molecular weight excluding hydrogens is 337 g/mol. The summed E-state index contributed by atoms with van der Waals surface area (Å²) in [6.45, 7) is 0.187. The van der Waals surface area contributed by atoms with Crippen molar-refractivity contribution in [3.63, 3.8) is 0 Å². The lowest BCUT2D eigenvalue weighted by atomic mass is 10.2. The molecule has 10 heteroatoms. The maximum absolute atomic E-state index is 14.1. The standard InChI is InChI=1S/C14H14FN5O3S/c1-20-14-11(8-18-20)13(4-5-16-14)17-7-9-2-3-10(6-12(9)15)19-24(21,22)23/h2-6,8,19H,7H2,1H3,(H,16,17)(H,21,22,23). The Morgan fingerprint density at radius 2 is 2.12 bits per heavy atom. The van der Waals surface area contributed by atoms with Crippen LogP contribution in [0.4, 0.5) is 15.8 Å². The van der Waals surface area contributed by atoms with Crippen molar-refractivity contribution in [2.45, 2.75) is 6.54 Å².